The Morgan fingerprint density at radius 3 is 2.94 bits per heavy atom. The molecule has 1 aromatic rings. The van der Waals surface area contributed by atoms with Gasteiger partial charge in [0.15, 0.2) is 0 Å². The Morgan fingerprint density at radius 1 is 1.59 bits per heavy atom. The van der Waals surface area contributed by atoms with Crippen LogP contribution in [0.5, 0.6) is 0 Å². The number of nitriles is 1. The summed E-state index contributed by atoms with van der Waals surface area (Å²) in [6, 6.07) is 5.27. The summed E-state index contributed by atoms with van der Waals surface area (Å²) in [4.78, 5) is 12.5. The molecule has 0 aliphatic carbocycles. The summed E-state index contributed by atoms with van der Waals surface area (Å²) in [5.74, 6) is -1.48. The molecule has 1 saturated heterocycles. The van der Waals surface area contributed by atoms with Gasteiger partial charge in [0, 0.05) is 6.54 Å². The number of hydrogen-bond donors (Lipinski definition) is 1. The molecule has 0 saturated carbocycles. The molecule has 0 aromatic heterocycles. The van der Waals surface area contributed by atoms with Crippen molar-refractivity contribution in [1.29, 1.82) is 5.26 Å². The molecule has 1 heterocycles. The Bertz CT molecular complexity index is 496. The van der Waals surface area contributed by atoms with Crippen LogP contribution in [0.25, 0.3) is 0 Å². The topological polar surface area (TPSA) is 64.3 Å². The van der Waals surface area contributed by atoms with Gasteiger partial charge in [-0.25, -0.2) is 9.18 Å². The van der Waals surface area contributed by atoms with Crippen LogP contribution in [0.3, 0.4) is 0 Å². The van der Waals surface area contributed by atoms with Crippen molar-refractivity contribution in [1.82, 2.24) is 0 Å². The average molecular weight is 234 g/mol. The number of carbonyl (C=O) groups is 1. The molecule has 0 amide bonds. The molecule has 1 aromatic carbocycles. The van der Waals surface area contributed by atoms with Gasteiger partial charge in [-0.1, -0.05) is 0 Å². The van der Waals surface area contributed by atoms with E-state index in [0.29, 0.717) is 13.0 Å². The number of aliphatic carboxylic acids is 1. The van der Waals surface area contributed by atoms with Gasteiger partial charge in [-0.15, -0.1) is 0 Å². The Hall–Kier alpha value is -2.09. The number of carboxylic acid groups (broad SMARTS) is 1. The van der Waals surface area contributed by atoms with Gasteiger partial charge in [-0.2, -0.15) is 5.26 Å². The molecule has 88 valence electrons. The number of halogens is 1. The van der Waals surface area contributed by atoms with Crippen LogP contribution >= 0.6 is 0 Å². The van der Waals surface area contributed by atoms with E-state index in [1.54, 1.807) is 4.90 Å². The van der Waals surface area contributed by atoms with Crippen molar-refractivity contribution in [2.24, 2.45) is 0 Å². The van der Waals surface area contributed by atoms with Gasteiger partial charge < -0.3 is 10.0 Å². The first kappa shape index (κ1) is 11.4. The number of rotatable bonds is 2. The summed E-state index contributed by atoms with van der Waals surface area (Å²) in [5, 5.41) is 17.7. The van der Waals surface area contributed by atoms with Crippen molar-refractivity contribution in [2.45, 2.75) is 18.9 Å². The quantitative estimate of drug-likeness (QED) is 0.846. The van der Waals surface area contributed by atoms with Crippen molar-refractivity contribution in [2.75, 3.05) is 11.4 Å². The van der Waals surface area contributed by atoms with Crippen molar-refractivity contribution in [3.63, 3.8) is 0 Å². The summed E-state index contributed by atoms with van der Waals surface area (Å²) in [5.41, 5.74) is 0.492. The van der Waals surface area contributed by atoms with Crippen molar-refractivity contribution >= 4 is 11.7 Å². The minimum Gasteiger partial charge on any atom is -0.480 e. The maximum absolute atomic E-state index is 13.7. The predicted molar refractivity (Wildman–Crippen MR) is 59.1 cm³/mol. The van der Waals surface area contributed by atoms with Gasteiger partial charge in [0.25, 0.3) is 0 Å². The minimum absolute atomic E-state index is 0.234. The highest BCUT2D eigenvalue weighted by Gasteiger charge is 2.31. The monoisotopic (exact) mass is 234 g/mol. The molecular formula is C12H11FN2O2. The zero-order valence-electron chi connectivity index (χ0n) is 9.06. The van der Waals surface area contributed by atoms with Crippen LogP contribution in [0.2, 0.25) is 0 Å². The maximum Gasteiger partial charge on any atom is 0.326 e. The van der Waals surface area contributed by atoms with Gasteiger partial charge in [0.05, 0.1) is 17.3 Å². The molecule has 0 bridgehead atoms. The predicted octanol–water partition coefficient (Wildman–Crippen LogP) is 1.75. The second-order valence-electron chi connectivity index (χ2n) is 3.97. The molecule has 1 atom stereocenters. The lowest BCUT2D eigenvalue weighted by Gasteiger charge is -2.24. The van der Waals surface area contributed by atoms with E-state index in [9.17, 15) is 9.18 Å². The van der Waals surface area contributed by atoms with Crippen LogP contribution in [0.4, 0.5) is 10.1 Å². The maximum atomic E-state index is 13.7. The van der Waals surface area contributed by atoms with E-state index in [2.05, 4.69) is 0 Å². The SMILES string of the molecule is N#Cc1ccc(N2CCCC2C(=O)O)c(F)c1. The van der Waals surface area contributed by atoms with Gasteiger partial charge in [0.1, 0.15) is 11.9 Å². The summed E-state index contributed by atoms with van der Waals surface area (Å²) >= 11 is 0. The van der Waals surface area contributed by atoms with E-state index in [1.807, 2.05) is 6.07 Å². The Balaban J connectivity index is 2.34. The molecule has 1 aliphatic rings. The lowest BCUT2D eigenvalue weighted by atomic mass is 10.1. The third kappa shape index (κ3) is 2.07. The minimum atomic E-state index is -0.939. The summed E-state index contributed by atoms with van der Waals surface area (Å²) in [7, 11) is 0. The molecule has 1 aliphatic heterocycles. The molecule has 1 fully saturated rings. The van der Waals surface area contributed by atoms with Crippen LogP contribution in [-0.2, 0) is 4.79 Å². The van der Waals surface area contributed by atoms with Crippen molar-refractivity contribution in [3.05, 3.63) is 29.6 Å². The molecule has 2 rings (SSSR count). The lowest BCUT2D eigenvalue weighted by Crippen LogP contribution is -2.36. The molecule has 4 nitrogen and oxygen atoms in total. The Kier molecular flexibility index (Phi) is 2.96. The molecule has 0 spiro atoms. The zero-order valence-corrected chi connectivity index (χ0v) is 9.06. The second kappa shape index (κ2) is 4.42. The van der Waals surface area contributed by atoms with Crippen LogP contribution < -0.4 is 4.90 Å². The zero-order chi connectivity index (χ0) is 12.4. The van der Waals surface area contributed by atoms with E-state index >= 15 is 0 Å². The van der Waals surface area contributed by atoms with Crippen LogP contribution in [0.1, 0.15) is 18.4 Å². The number of nitrogens with zero attached hydrogens (tertiary/aromatic N) is 2. The highest BCUT2D eigenvalue weighted by Crippen LogP contribution is 2.28. The smallest absolute Gasteiger partial charge is 0.326 e. The number of benzene rings is 1. The third-order valence-electron chi connectivity index (χ3n) is 2.92. The first-order chi connectivity index (χ1) is 8.13. The van der Waals surface area contributed by atoms with E-state index in [0.717, 1.165) is 12.5 Å². The fourth-order valence-corrected chi connectivity index (χ4v) is 2.12. The summed E-state index contributed by atoms with van der Waals surface area (Å²) < 4.78 is 13.7. The third-order valence-corrected chi connectivity index (χ3v) is 2.92. The summed E-state index contributed by atoms with van der Waals surface area (Å²) in [6.45, 7) is 0.528. The second-order valence-corrected chi connectivity index (χ2v) is 3.97. The van der Waals surface area contributed by atoms with E-state index in [4.69, 9.17) is 10.4 Å². The van der Waals surface area contributed by atoms with Gasteiger partial charge in [-0.05, 0) is 31.0 Å². The normalized spacial score (nSPS) is 19.1. The standard InChI is InChI=1S/C12H11FN2O2/c13-9-6-8(7-14)3-4-10(9)15-5-1-2-11(15)12(16)17/h3-4,6,11H,1-2,5H2,(H,16,17). The van der Waals surface area contributed by atoms with E-state index < -0.39 is 17.8 Å². The number of hydrogen-bond acceptors (Lipinski definition) is 3. The molecule has 0 radical (unpaired) electrons. The van der Waals surface area contributed by atoms with Crippen LogP contribution in [-0.4, -0.2) is 23.7 Å². The summed E-state index contributed by atoms with van der Waals surface area (Å²) in [6.07, 6.45) is 1.26. The Morgan fingerprint density at radius 2 is 2.35 bits per heavy atom. The highest BCUT2D eigenvalue weighted by molar-refractivity contribution is 5.79. The van der Waals surface area contributed by atoms with Crippen LogP contribution in [0, 0.1) is 17.1 Å². The average Bonchev–Trinajstić information content (AvgIpc) is 2.77. The van der Waals surface area contributed by atoms with Gasteiger partial charge >= 0.3 is 5.97 Å². The van der Waals surface area contributed by atoms with Gasteiger partial charge in [-0.3, -0.25) is 0 Å². The Labute approximate surface area is 97.9 Å². The molecule has 1 unspecified atom stereocenters. The number of carboxylic acids is 1. The first-order valence-corrected chi connectivity index (χ1v) is 5.32. The van der Waals surface area contributed by atoms with Gasteiger partial charge in [0.2, 0.25) is 0 Å². The van der Waals surface area contributed by atoms with Crippen LogP contribution in [0.15, 0.2) is 18.2 Å². The lowest BCUT2D eigenvalue weighted by molar-refractivity contribution is -0.138. The highest BCUT2D eigenvalue weighted by atomic mass is 19.1. The molecular weight excluding hydrogens is 223 g/mol. The molecule has 17 heavy (non-hydrogen) atoms. The number of anilines is 1. The molecule has 1 N–H and O–H groups in total. The first-order valence-electron chi connectivity index (χ1n) is 5.32. The molecule has 5 heteroatoms. The van der Waals surface area contributed by atoms with E-state index in [-0.39, 0.29) is 11.3 Å². The largest absolute Gasteiger partial charge is 0.480 e. The fourth-order valence-electron chi connectivity index (χ4n) is 2.12. The van der Waals surface area contributed by atoms with E-state index in [1.165, 1.54) is 12.1 Å². The van der Waals surface area contributed by atoms with Crippen molar-refractivity contribution in [3.8, 4) is 6.07 Å². The fraction of sp³-hybridized carbons (Fsp3) is 0.333. The van der Waals surface area contributed by atoms with Crippen molar-refractivity contribution < 1.29 is 14.3 Å².